The Balaban J connectivity index is 2.58. The first-order valence-electron chi connectivity index (χ1n) is 4.56. The van der Waals surface area contributed by atoms with Crippen molar-refractivity contribution in [1.29, 1.82) is 0 Å². The van der Waals surface area contributed by atoms with Crippen LogP contribution in [0.5, 0.6) is 0 Å². The predicted octanol–water partition coefficient (Wildman–Crippen LogP) is 3.37. The molecule has 1 aromatic heterocycles. The molecule has 0 fully saturated rings. The van der Waals surface area contributed by atoms with E-state index >= 15 is 0 Å². The number of nitrogens with one attached hydrogen (secondary N) is 1. The Morgan fingerprint density at radius 2 is 2.21 bits per heavy atom. The Morgan fingerprint density at radius 1 is 1.43 bits per heavy atom. The molecule has 0 spiro atoms. The number of hydrogen-bond acceptors (Lipinski definition) is 2. The molecule has 0 bridgehead atoms. The van der Waals surface area contributed by atoms with Crippen molar-refractivity contribution in [2.24, 2.45) is 0 Å². The molecule has 0 aliphatic heterocycles. The SMILES string of the molecule is CNC(C)c1coc2cc(Cl)ccc12. The van der Waals surface area contributed by atoms with Gasteiger partial charge in [0.25, 0.3) is 0 Å². The van der Waals surface area contributed by atoms with E-state index in [1.807, 2.05) is 25.2 Å². The molecular formula is C11H12ClNO. The van der Waals surface area contributed by atoms with Gasteiger partial charge in [-0.3, -0.25) is 0 Å². The van der Waals surface area contributed by atoms with Gasteiger partial charge in [-0.15, -0.1) is 0 Å². The first-order valence-corrected chi connectivity index (χ1v) is 4.94. The fourth-order valence-electron chi connectivity index (χ4n) is 1.51. The van der Waals surface area contributed by atoms with Crippen LogP contribution in [0.25, 0.3) is 11.0 Å². The van der Waals surface area contributed by atoms with E-state index in [9.17, 15) is 0 Å². The standard InChI is InChI=1S/C11H12ClNO/c1-7(13-2)10-6-14-11-5-8(12)3-4-9(10)11/h3-7,13H,1-2H3. The second-order valence-electron chi connectivity index (χ2n) is 3.34. The summed E-state index contributed by atoms with van der Waals surface area (Å²) in [5, 5.41) is 5.01. The highest BCUT2D eigenvalue weighted by molar-refractivity contribution is 6.31. The average Bonchev–Trinajstić information content (AvgIpc) is 2.59. The van der Waals surface area contributed by atoms with Crippen LogP contribution in [0, 0.1) is 0 Å². The molecule has 1 aromatic carbocycles. The van der Waals surface area contributed by atoms with Gasteiger partial charge in [0.15, 0.2) is 0 Å². The first-order chi connectivity index (χ1) is 6.72. The minimum Gasteiger partial charge on any atom is -0.464 e. The molecule has 2 nitrogen and oxygen atoms in total. The summed E-state index contributed by atoms with van der Waals surface area (Å²) in [4.78, 5) is 0. The molecule has 0 saturated heterocycles. The van der Waals surface area contributed by atoms with E-state index < -0.39 is 0 Å². The van der Waals surface area contributed by atoms with Crippen LogP contribution in [-0.4, -0.2) is 7.05 Å². The zero-order valence-electron chi connectivity index (χ0n) is 8.17. The minimum absolute atomic E-state index is 0.289. The van der Waals surface area contributed by atoms with Gasteiger partial charge in [-0.1, -0.05) is 11.6 Å². The predicted molar refractivity (Wildman–Crippen MR) is 58.7 cm³/mol. The molecule has 14 heavy (non-hydrogen) atoms. The minimum atomic E-state index is 0.289. The summed E-state index contributed by atoms with van der Waals surface area (Å²) in [5.74, 6) is 0. The lowest BCUT2D eigenvalue weighted by atomic mass is 10.1. The van der Waals surface area contributed by atoms with Crippen molar-refractivity contribution in [2.75, 3.05) is 7.05 Å². The Bertz CT molecular complexity index is 449. The van der Waals surface area contributed by atoms with E-state index in [2.05, 4.69) is 12.2 Å². The molecule has 0 aliphatic carbocycles. The Labute approximate surface area is 87.9 Å². The number of hydrogen-bond donors (Lipinski definition) is 1. The molecule has 1 unspecified atom stereocenters. The van der Waals surface area contributed by atoms with E-state index in [-0.39, 0.29) is 6.04 Å². The normalized spacial score (nSPS) is 13.4. The fourth-order valence-corrected chi connectivity index (χ4v) is 1.68. The van der Waals surface area contributed by atoms with Crippen LogP contribution in [0.2, 0.25) is 5.02 Å². The van der Waals surface area contributed by atoms with Crippen LogP contribution in [0.15, 0.2) is 28.9 Å². The van der Waals surface area contributed by atoms with Gasteiger partial charge in [0.2, 0.25) is 0 Å². The Morgan fingerprint density at radius 3 is 2.93 bits per heavy atom. The summed E-state index contributed by atoms with van der Waals surface area (Å²) in [7, 11) is 1.93. The monoisotopic (exact) mass is 209 g/mol. The van der Waals surface area contributed by atoms with Gasteiger partial charge in [0, 0.05) is 22.0 Å². The maximum absolute atomic E-state index is 5.87. The van der Waals surface area contributed by atoms with Gasteiger partial charge in [-0.2, -0.15) is 0 Å². The van der Waals surface area contributed by atoms with Crippen molar-refractivity contribution in [3.8, 4) is 0 Å². The van der Waals surface area contributed by atoms with Crippen molar-refractivity contribution >= 4 is 22.6 Å². The second-order valence-corrected chi connectivity index (χ2v) is 3.78. The largest absolute Gasteiger partial charge is 0.464 e. The van der Waals surface area contributed by atoms with Crippen LogP contribution in [0.3, 0.4) is 0 Å². The number of furan rings is 1. The van der Waals surface area contributed by atoms with Crippen molar-refractivity contribution in [3.63, 3.8) is 0 Å². The number of benzene rings is 1. The van der Waals surface area contributed by atoms with Gasteiger partial charge in [0.1, 0.15) is 5.58 Å². The quantitative estimate of drug-likeness (QED) is 0.821. The fraction of sp³-hybridized carbons (Fsp3) is 0.273. The molecule has 1 atom stereocenters. The molecule has 0 saturated carbocycles. The molecule has 74 valence electrons. The molecule has 3 heteroatoms. The Hall–Kier alpha value is -0.990. The maximum Gasteiger partial charge on any atom is 0.135 e. The molecule has 0 radical (unpaired) electrons. The molecule has 0 amide bonds. The topological polar surface area (TPSA) is 25.2 Å². The van der Waals surface area contributed by atoms with Gasteiger partial charge in [-0.25, -0.2) is 0 Å². The summed E-state index contributed by atoms with van der Waals surface area (Å²) in [5.41, 5.74) is 2.01. The third-order valence-electron chi connectivity index (χ3n) is 2.47. The van der Waals surface area contributed by atoms with Crippen molar-refractivity contribution in [2.45, 2.75) is 13.0 Å². The van der Waals surface area contributed by atoms with E-state index in [4.69, 9.17) is 16.0 Å². The molecule has 1 heterocycles. The summed E-state index contributed by atoms with van der Waals surface area (Å²) in [6.45, 7) is 2.10. The van der Waals surface area contributed by atoms with Crippen LogP contribution >= 0.6 is 11.6 Å². The molecule has 1 N–H and O–H groups in total. The number of fused-ring (bicyclic) bond motifs is 1. The molecule has 0 aliphatic rings. The summed E-state index contributed by atoms with van der Waals surface area (Å²) < 4.78 is 5.43. The number of halogens is 1. The van der Waals surface area contributed by atoms with Gasteiger partial charge < -0.3 is 9.73 Å². The van der Waals surface area contributed by atoms with E-state index in [0.29, 0.717) is 5.02 Å². The average molecular weight is 210 g/mol. The van der Waals surface area contributed by atoms with E-state index in [1.54, 1.807) is 6.26 Å². The van der Waals surface area contributed by atoms with Crippen molar-refractivity contribution in [1.82, 2.24) is 5.32 Å². The second kappa shape index (κ2) is 3.64. The van der Waals surface area contributed by atoms with Crippen LogP contribution in [0.1, 0.15) is 18.5 Å². The van der Waals surface area contributed by atoms with Crippen LogP contribution in [0.4, 0.5) is 0 Å². The third kappa shape index (κ3) is 1.51. The number of rotatable bonds is 2. The lowest BCUT2D eigenvalue weighted by Crippen LogP contribution is -2.11. The van der Waals surface area contributed by atoms with E-state index in [1.165, 1.54) is 5.56 Å². The summed E-state index contributed by atoms with van der Waals surface area (Å²) in [6, 6.07) is 6.00. The summed E-state index contributed by atoms with van der Waals surface area (Å²) in [6.07, 6.45) is 1.78. The smallest absolute Gasteiger partial charge is 0.135 e. The van der Waals surface area contributed by atoms with Crippen molar-refractivity contribution in [3.05, 3.63) is 35.0 Å². The molecule has 2 rings (SSSR count). The lowest BCUT2D eigenvalue weighted by molar-refractivity contribution is 0.588. The first kappa shape index (κ1) is 9.56. The zero-order chi connectivity index (χ0) is 10.1. The van der Waals surface area contributed by atoms with Gasteiger partial charge in [-0.05, 0) is 32.2 Å². The Kier molecular flexibility index (Phi) is 2.48. The highest BCUT2D eigenvalue weighted by Crippen LogP contribution is 2.28. The third-order valence-corrected chi connectivity index (χ3v) is 2.70. The van der Waals surface area contributed by atoms with E-state index in [0.717, 1.165) is 11.0 Å². The highest BCUT2D eigenvalue weighted by atomic mass is 35.5. The highest BCUT2D eigenvalue weighted by Gasteiger charge is 2.10. The maximum atomic E-state index is 5.87. The van der Waals surface area contributed by atoms with Crippen molar-refractivity contribution < 1.29 is 4.42 Å². The molecular weight excluding hydrogens is 198 g/mol. The van der Waals surface area contributed by atoms with Gasteiger partial charge >= 0.3 is 0 Å². The zero-order valence-corrected chi connectivity index (χ0v) is 8.93. The molecule has 2 aromatic rings. The summed E-state index contributed by atoms with van der Waals surface area (Å²) >= 11 is 5.87. The van der Waals surface area contributed by atoms with Crippen LogP contribution < -0.4 is 5.32 Å². The van der Waals surface area contributed by atoms with Gasteiger partial charge in [0.05, 0.1) is 6.26 Å². The van der Waals surface area contributed by atoms with Crippen LogP contribution in [-0.2, 0) is 0 Å². The lowest BCUT2D eigenvalue weighted by Gasteiger charge is -2.06.